The maximum atomic E-state index is 12.5. The van der Waals surface area contributed by atoms with Crippen LogP contribution in [0.5, 0.6) is 0 Å². The monoisotopic (exact) mass is 465 g/mol. The van der Waals surface area contributed by atoms with Gasteiger partial charge in [0.2, 0.25) is 0 Å². The Morgan fingerprint density at radius 3 is 2.52 bits per heavy atom. The van der Waals surface area contributed by atoms with Gasteiger partial charge >= 0.3 is 0 Å². The van der Waals surface area contributed by atoms with Gasteiger partial charge in [-0.15, -0.1) is 5.10 Å². The number of benzene rings is 3. The van der Waals surface area contributed by atoms with Gasteiger partial charge in [-0.25, -0.2) is 4.68 Å². The van der Waals surface area contributed by atoms with Gasteiger partial charge in [-0.05, 0) is 59.7 Å². The third-order valence-electron chi connectivity index (χ3n) is 4.48. The van der Waals surface area contributed by atoms with E-state index in [4.69, 9.17) is 12.2 Å². The van der Waals surface area contributed by atoms with Crippen LogP contribution in [0.2, 0.25) is 0 Å². The van der Waals surface area contributed by atoms with E-state index >= 15 is 0 Å². The highest BCUT2D eigenvalue weighted by atomic mass is 32.2. The summed E-state index contributed by atoms with van der Waals surface area (Å²) in [4.78, 5) is 12.5. The van der Waals surface area contributed by atoms with Crippen LogP contribution in [0.25, 0.3) is 5.69 Å². The van der Waals surface area contributed by atoms with Crippen LogP contribution in [-0.2, 0) is 12.4 Å². The number of hydrogen-bond acceptors (Lipinski definition) is 6. The van der Waals surface area contributed by atoms with Crippen molar-refractivity contribution >= 4 is 46.9 Å². The molecule has 4 rings (SSSR count). The molecule has 8 heteroatoms. The molecule has 0 aliphatic carbocycles. The third-order valence-corrected chi connectivity index (χ3v) is 6.91. The smallest absolute Gasteiger partial charge is 0.255 e. The molecule has 0 aliphatic heterocycles. The van der Waals surface area contributed by atoms with Crippen molar-refractivity contribution in [1.82, 2.24) is 9.78 Å². The maximum Gasteiger partial charge on any atom is 0.255 e. The molecule has 0 unspecified atom stereocenters. The summed E-state index contributed by atoms with van der Waals surface area (Å²) in [5.74, 6) is 0.613. The van der Waals surface area contributed by atoms with Crippen LogP contribution in [0.3, 0.4) is 0 Å². The van der Waals surface area contributed by atoms with Crippen molar-refractivity contribution in [3.05, 3.63) is 99.5 Å². The van der Waals surface area contributed by atoms with Crippen LogP contribution in [0, 0.1) is 3.95 Å². The van der Waals surface area contributed by atoms with Crippen LogP contribution in [-0.4, -0.2) is 20.8 Å². The van der Waals surface area contributed by atoms with Gasteiger partial charge in [0.05, 0.1) is 12.3 Å². The maximum absolute atomic E-state index is 12.5. The van der Waals surface area contributed by atoms with Crippen LogP contribution in [0.4, 0.5) is 5.69 Å². The molecule has 0 spiro atoms. The predicted octanol–water partition coefficient (Wildman–Crippen LogP) is 5.70. The number of aliphatic hydroxyl groups excluding tert-OH is 1. The highest BCUT2D eigenvalue weighted by Crippen LogP contribution is 2.27. The second-order valence-corrected chi connectivity index (χ2v) is 9.52. The molecule has 2 N–H and O–H groups in total. The van der Waals surface area contributed by atoms with Crippen molar-refractivity contribution in [2.24, 2.45) is 0 Å². The summed E-state index contributed by atoms with van der Waals surface area (Å²) >= 11 is 8.61. The molecule has 156 valence electrons. The molecule has 31 heavy (non-hydrogen) atoms. The number of hydrogen-bond donors (Lipinski definition) is 2. The van der Waals surface area contributed by atoms with Gasteiger partial charge < -0.3 is 10.4 Å². The van der Waals surface area contributed by atoms with Crippen LogP contribution >= 0.6 is 35.3 Å². The zero-order chi connectivity index (χ0) is 21.6. The van der Waals surface area contributed by atoms with E-state index in [1.54, 1.807) is 52.8 Å². The quantitative estimate of drug-likeness (QED) is 0.271. The first-order valence-electron chi connectivity index (χ1n) is 9.51. The first-order valence-corrected chi connectivity index (χ1v) is 11.7. The molecule has 1 heterocycles. The molecular weight excluding hydrogens is 446 g/mol. The number of anilines is 1. The third kappa shape index (κ3) is 5.48. The first kappa shape index (κ1) is 21.5. The summed E-state index contributed by atoms with van der Waals surface area (Å²) < 4.78 is 3.28. The summed E-state index contributed by atoms with van der Waals surface area (Å²) in [5.41, 5.74) is 3.96. The Bertz CT molecular complexity index is 1230. The van der Waals surface area contributed by atoms with Crippen LogP contribution < -0.4 is 5.32 Å². The largest absolute Gasteiger partial charge is 0.392 e. The molecule has 3 aromatic carbocycles. The topological polar surface area (TPSA) is 67.2 Å². The van der Waals surface area contributed by atoms with E-state index in [1.165, 1.54) is 16.9 Å². The van der Waals surface area contributed by atoms with Crippen molar-refractivity contribution in [2.45, 2.75) is 16.7 Å². The van der Waals surface area contributed by atoms with E-state index < -0.39 is 0 Å². The van der Waals surface area contributed by atoms with Crippen molar-refractivity contribution in [1.29, 1.82) is 0 Å². The molecular formula is C23H19N3O2S3. The van der Waals surface area contributed by atoms with E-state index in [0.29, 0.717) is 15.2 Å². The summed E-state index contributed by atoms with van der Waals surface area (Å²) in [6, 6.07) is 24.5. The van der Waals surface area contributed by atoms with E-state index in [9.17, 15) is 9.90 Å². The van der Waals surface area contributed by atoms with Gasteiger partial charge in [0.15, 0.2) is 8.29 Å². The molecule has 0 fully saturated rings. The number of carbonyl (C=O) groups excluding carboxylic acids is 1. The van der Waals surface area contributed by atoms with Crippen molar-refractivity contribution in [3.8, 4) is 5.69 Å². The van der Waals surface area contributed by atoms with Gasteiger partial charge in [-0.3, -0.25) is 4.79 Å². The minimum atomic E-state index is -0.220. The highest BCUT2D eigenvalue weighted by molar-refractivity contribution is 8.00. The highest BCUT2D eigenvalue weighted by Gasteiger charge is 2.10. The van der Waals surface area contributed by atoms with Crippen LogP contribution in [0.1, 0.15) is 21.5 Å². The molecule has 0 atom stereocenters. The number of rotatable bonds is 7. The van der Waals surface area contributed by atoms with E-state index in [2.05, 4.69) is 22.5 Å². The molecule has 0 bridgehead atoms. The van der Waals surface area contributed by atoms with Crippen LogP contribution in [0.15, 0.2) is 83.2 Å². The lowest BCUT2D eigenvalue weighted by molar-refractivity contribution is 0.102. The molecule has 0 saturated heterocycles. The number of nitrogens with zero attached hydrogens (tertiary/aromatic N) is 2. The predicted molar refractivity (Wildman–Crippen MR) is 129 cm³/mol. The second kappa shape index (κ2) is 10.0. The average Bonchev–Trinajstić information content (AvgIpc) is 3.19. The van der Waals surface area contributed by atoms with Crippen molar-refractivity contribution in [2.75, 3.05) is 5.32 Å². The van der Waals surface area contributed by atoms with Gasteiger partial charge in [0.25, 0.3) is 5.91 Å². The summed E-state index contributed by atoms with van der Waals surface area (Å²) in [5, 5.41) is 16.7. The van der Waals surface area contributed by atoms with Crippen molar-refractivity contribution < 1.29 is 9.90 Å². The summed E-state index contributed by atoms with van der Waals surface area (Å²) in [6.07, 6.45) is 0. The molecule has 0 saturated carbocycles. The Balaban J connectivity index is 1.44. The fourth-order valence-electron chi connectivity index (χ4n) is 2.91. The lowest BCUT2D eigenvalue weighted by atomic mass is 10.1. The fourth-order valence-corrected chi connectivity index (χ4v) is 5.22. The van der Waals surface area contributed by atoms with Gasteiger partial charge in [-0.1, -0.05) is 65.6 Å². The zero-order valence-corrected chi connectivity index (χ0v) is 18.8. The lowest BCUT2D eigenvalue weighted by Gasteiger charge is -2.07. The molecule has 1 amide bonds. The number of nitrogens with one attached hydrogen (secondary N) is 1. The number of amides is 1. The SMILES string of the molecule is O=C(Nc1cccc(CO)c1)c1ccc(-n2nc(SCc3ccccc3)sc2=S)cc1. The van der Waals surface area contributed by atoms with E-state index in [1.807, 2.05) is 30.3 Å². The minimum absolute atomic E-state index is 0.0711. The standard InChI is InChI=1S/C23H19N3O2S3/c27-14-17-7-4-8-19(13-17)24-21(28)18-9-11-20(12-10-18)26-23(29)31-22(25-26)30-15-16-5-2-1-3-6-16/h1-13,27H,14-15H2,(H,24,28). The number of carbonyl (C=O) groups is 1. The second-order valence-electron chi connectivity index (χ2n) is 6.68. The molecule has 0 aliphatic rings. The average molecular weight is 466 g/mol. The zero-order valence-electron chi connectivity index (χ0n) is 16.4. The number of aromatic nitrogens is 2. The Labute approximate surface area is 193 Å². The minimum Gasteiger partial charge on any atom is -0.392 e. The van der Waals surface area contributed by atoms with Crippen molar-refractivity contribution in [3.63, 3.8) is 0 Å². The molecule has 4 aromatic rings. The lowest BCUT2D eigenvalue weighted by Crippen LogP contribution is -2.12. The van der Waals surface area contributed by atoms with Gasteiger partial charge in [-0.2, -0.15) is 0 Å². The number of aliphatic hydroxyl groups is 1. The molecule has 1 aromatic heterocycles. The Kier molecular flexibility index (Phi) is 6.93. The van der Waals surface area contributed by atoms with E-state index in [-0.39, 0.29) is 12.5 Å². The molecule has 5 nitrogen and oxygen atoms in total. The first-order chi connectivity index (χ1) is 15.1. The summed E-state index contributed by atoms with van der Waals surface area (Å²) in [7, 11) is 0. The Hall–Kier alpha value is -2.78. The van der Waals surface area contributed by atoms with Gasteiger partial charge in [0, 0.05) is 17.0 Å². The summed E-state index contributed by atoms with van der Waals surface area (Å²) in [6.45, 7) is -0.0711. The van der Waals surface area contributed by atoms with Gasteiger partial charge in [0.1, 0.15) is 0 Å². The normalized spacial score (nSPS) is 10.7. The Morgan fingerprint density at radius 1 is 1.03 bits per heavy atom. The number of thioether (sulfide) groups is 1. The van der Waals surface area contributed by atoms with E-state index in [0.717, 1.165) is 21.3 Å². The Morgan fingerprint density at radius 2 is 1.77 bits per heavy atom. The molecule has 0 radical (unpaired) electrons. The fraction of sp³-hybridized carbons (Fsp3) is 0.0870.